The van der Waals surface area contributed by atoms with Crippen molar-refractivity contribution in [1.29, 1.82) is 0 Å². The number of rotatable bonds is 9. The van der Waals surface area contributed by atoms with Gasteiger partial charge in [0, 0.05) is 44.2 Å². The molecule has 3 aromatic carbocycles. The van der Waals surface area contributed by atoms with Crippen LogP contribution in [0.2, 0.25) is 0 Å². The molecule has 0 aliphatic carbocycles. The summed E-state index contributed by atoms with van der Waals surface area (Å²) in [6, 6.07) is 13.2. The van der Waals surface area contributed by atoms with Crippen LogP contribution in [0.25, 0.3) is 44.2 Å². The molecule has 8 rings (SSSR count). The van der Waals surface area contributed by atoms with Gasteiger partial charge in [-0.05, 0) is 77.9 Å². The Labute approximate surface area is 336 Å². The van der Waals surface area contributed by atoms with Crippen molar-refractivity contribution in [1.82, 2.24) is 35.1 Å². The van der Waals surface area contributed by atoms with Gasteiger partial charge in [-0.25, -0.2) is 19.6 Å². The molecule has 3 amide bonds. The number of nitrogens with zero attached hydrogens (tertiary/aromatic N) is 4. The van der Waals surface area contributed by atoms with E-state index in [1.165, 1.54) is 14.2 Å². The average molecular weight is 794 g/mol. The van der Waals surface area contributed by atoms with Gasteiger partial charge in [0.25, 0.3) is 0 Å². The molecule has 0 saturated carbocycles. The molecule has 0 unspecified atom stereocenters. The third-order valence-electron chi connectivity index (χ3n) is 12.5. The largest absolute Gasteiger partial charge is 0.488 e. The summed E-state index contributed by atoms with van der Waals surface area (Å²) < 4.78 is 22.2. The molecule has 0 bridgehead atoms. The number of likely N-dealkylation sites (tertiary alicyclic amines) is 2. The first-order valence-corrected chi connectivity index (χ1v) is 19.7. The lowest BCUT2D eigenvalue weighted by atomic mass is 9.71. The smallest absolute Gasteiger partial charge is 0.408 e. The normalized spacial score (nSPS) is 21.4. The summed E-state index contributed by atoms with van der Waals surface area (Å²) in [5.74, 6) is 1.83. The van der Waals surface area contributed by atoms with Crippen LogP contribution in [0.3, 0.4) is 0 Å². The highest BCUT2D eigenvalue weighted by Gasteiger charge is 2.55. The Morgan fingerprint density at radius 1 is 1.09 bits per heavy atom. The number of ether oxygens (including phenoxy) is 4. The van der Waals surface area contributed by atoms with Crippen molar-refractivity contribution in [3.63, 3.8) is 0 Å². The molecule has 15 nitrogen and oxygen atoms in total. The molecule has 0 radical (unpaired) electrons. The number of aromatic amines is 2. The average Bonchev–Trinajstić information content (AvgIpc) is 4.03. The summed E-state index contributed by atoms with van der Waals surface area (Å²) in [5.41, 5.74) is 5.29. The molecule has 0 spiro atoms. The van der Waals surface area contributed by atoms with Gasteiger partial charge in [-0.15, -0.1) is 0 Å². The highest BCUT2D eigenvalue weighted by Crippen LogP contribution is 2.51. The predicted octanol–water partition coefficient (Wildman–Crippen LogP) is 6.98. The zero-order valence-electron chi connectivity index (χ0n) is 34.0. The van der Waals surface area contributed by atoms with Crippen LogP contribution in [0, 0.1) is 11.3 Å². The van der Waals surface area contributed by atoms with Gasteiger partial charge in [0.15, 0.2) is 0 Å². The molecular formula is C43H51N7O8. The monoisotopic (exact) mass is 793 g/mol. The molecular weight excluding hydrogens is 743 g/mol. The molecule has 306 valence electrons. The molecule has 5 heterocycles. The zero-order chi connectivity index (χ0) is 41.1. The standard InChI is InChI=1S/C43H51N7O8/c1-23(56-6)35(48-40(52)57-7)38(51)49-20-24(21-55-5)15-33(49)37-45-31-12-10-25-17-30-28-11-9-26(16-27(28)22-58-34(30)18-29(25)36(31)47-37)32-19-44-39(46-32)43(42(2,3)4)13-8-14-50(43)41(53)54/h9-12,16-19,23-24,33,35H,8,13-15,20-22H2,1-7H3,(H,44,46)(H,45,47)(H,48,52)(H,53,54)/t23-,24+,33+,35+,43-/m1/s1. The number of methoxy groups -OCH3 is 3. The summed E-state index contributed by atoms with van der Waals surface area (Å²) in [4.78, 5) is 58.9. The van der Waals surface area contributed by atoms with E-state index in [2.05, 4.69) is 66.4 Å². The molecule has 2 fully saturated rings. The molecule has 3 aliphatic heterocycles. The highest BCUT2D eigenvalue weighted by molar-refractivity contribution is 6.07. The van der Waals surface area contributed by atoms with E-state index in [0.717, 1.165) is 61.9 Å². The van der Waals surface area contributed by atoms with Crippen LogP contribution in [0.5, 0.6) is 5.75 Å². The fourth-order valence-electron chi connectivity index (χ4n) is 9.43. The van der Waals surface area contributed by atoms with Gasteiger partial charge in [-0.3, -0.25) is 9.69 Å². The third kappa shape index (κ3) is 6.49. The van der Waals surface area contributed by atoms with Crippen molar-refractivity contribution >= 4 is 39.9 Å². The Morgan fingerprint density at radius 3 is 2.62 bits per heavy atom. The van der Waals surface area contributed by atoms with Gasteiger partial charge < -0.3 is 44.2 Å². The second-order valence-electron chi connectivity index (χ2n) is 16.7. The maximum absolute atomic E-state index is 14.1. The van der Waals surface area contributed by atoms with E-state index in [4.69, 9.17) is 28.9 Å². The summed E-state index contributed by atoms with van der Waals surface area (Å²) >= 11 is 0. The first kappa shape index (κ1) is 39.2. The molecule has 5 atom stereocenters. The molecule has 58 heavy (non-hydrogen) atoms. The Morgan fingerprint density at radius 2 is 1.90 bits per heavy atom. The van der Waals surface area contributed by atoms with Crippen LogP contribution in [-0.2, 0) is 31.2 Å². The van der Waals surface area contributed by atoms with E-state index in [0.29, 0.717) is 50.8 Å². The Kier molecular flexibility index (Phi) is 10.1. The number of carbonyl (C=O) groups is 3. The number of carbonyl (C=O) groups excluding carboxylic acids is 2. The Balaban J connectivity index is 1.10. The number of benzene rings is 3. The summed E-state index contributed by atoms with van der Waals surface area (Å²) in [6.07, 6.45) is 1.64. The molecule has 2 saturated heterocycles. The van der Waals surface area contributed by atoms with Crippen LogP contribution < -0.4 is 10.1 Å². The number of H-pyrrole nitrogens is 2. The van der Waals surface area contributed by atoms with Crippen LogP contribution in [0.15, 0.2) is 48.7 Å². The van der Waals surface area contributed by atoms with Gasteiger partial charge in [0.1, 0.15) is 35.6 Å². The van der Waals surface area contributed by atoms with E-state index < -0.39 is 35.9 Å². The molecule has 5 aromatic rings. The lowest BCUT2D eigenvalue weighted by Gasteiger charge is -2.45. The molecule has 2 aromatic heterocycles. The van der Waals surface area contributed by atoms with E-state index >= 15 is 0 Å². The minimum absolute atomic E-state index is 0.0616. The lowest BCUT2D eigenvalue weighted by molar-refractivity contribution is -0.137. The van der Waals surface area contributed by atoms with Crippen molar-refractivity contribution in [3.8, 4) is 28.1 Å². The zero-order valence-corrected chi connectivity index (χ0v) is 34.0. The first-order chi connectivity index (χ1) is 27.8. The third-order valence-corrected chi connectivity index (χ3v) is 12.5. The van der Waals surface area contributed by atoms with Gasteiger partial charge in [-0.2, -0.15) is 0 Å². The number of hydrogen-bond acceptors (Lipinski definition) is 9. The second kappa shape index (κ2) is 14.9. The van der Waals surface area contributed by atoms with Gasteiger partial charge >= 0.3 is 12.2 Å². The maximum Gasteiger partial charge on any atom is 0.408 e. The quantitative estimate of drug-likeness (QED) is 0.122. The summed E-state index contributed by atoms with van der Waals surface area (Å²) in [6.45, 7) is 9.68. The van der Waals surface area contributed by atoms with Crippen LogP contribution >= 0.6 is 0 Å². The SMILES string of the molecule is COC[C@H]1C[C@@H](c2nc3c(ccc4cc5c(cc43)OCc3cc(-c4cnc([C@@]6(C(C)(C)C)CCCN6C(=O)O)[nH]4)ccc3-5)[nH]2)N(C(=O)[C@@H](NC(=O)OC)[C@@H](C)OC)C1. The minimum atomic E-state index is -0.965. The van der Waals surface area contributed by atoms with E-state index in [-0.39, 0.29) is 17.2 Å². The van der Waals surface area contributed by atoms with Crippen molar-refractivity contribution in [2.24, 2.45) is 11.3 Å². The van der Waals surface area contributed by atoms with Gasteiger partial charge in [-0.1, -0.05) is 39.0 Å². The molecule has 4 N–H and O–H groups in total. The number of aromatic nitrogens is 4. The number of fused-ring (bicyclic) bond motifs is 6. The lowest BCUT2D eigenvalue weighted by Crippen LogP contribution is -2.54. The Bertz CT molecular complexity index is 2400. The number of carboxylic acid groups (broad SMARTS) is 1. The number of hydrogen-bond donors (Lipinski definition) is 4. The van der Waals surface area contributed by atoms with Gasteiger partial charge in [0.05, 0.1) is 48.8 Å². The van der Waals surface area contributed by atoms with Crippen LogP contribution in [0.4, 0.5) is 9.59 Å². The number of imidazole rings is 2. The van der Waals surface area contributed by atoms with Crippen molar-refractivity contribution < 1.29 is 38.4 Å². The minimum Gasteiger partial charge on any atom is -0.488 e. The predicted molar refractivity (Wildman–Crippen MR) is 216 cm³/mol. The number of nitrogens with one attached hydrogen (secondary N) is 3. The van der Waals surface area contributed by atoms with Crippen LogP contribution in [0.1, 0.15) is 70.2 Å². The van der Waals surface area contributed by atoms with Crippen LogP contribution in [-0.4, -0.2) is 106 Å². The molecule has 3 aliphatic rings. The second-order valence-corrected chi connectivity index (χ2v) is 16.7. The van der Waals surface area contributed by atoms with E-state index in [9.17, 15) is 19.5 Å². The van der Waals surface area contributed by atoms with Crippen molar-refractivity contribution in [3.05, 3.63) is 65.9 Å². The maximum atomic E-state index is 14.1. The van der Waals surface area contributed by atoms with Crippen molar-refractivity contribution in [2.75, 3.05) is 41.0 Å². The summed E-state index contributed by atoms with van der Waals surface area (Å²) in [7, 11) is 4.40. The fraction of sp³-hybridized carbons (Fsp3) is 0.465. The van der Waals surface area contributed by atoms with E-state index in [1.54, 1.807) is 30.0 Å². The summed E-state index contributed by atoms with van der Waals surface area (Å²) in [5, 5.41) is 14.7. The molecule has 15 heteroatoms. The Hall–Kier alpha value is -5.67. The van der Waals surface area contributed by atoms with E-state index in [1.807, 2.05) is 12.1 Å². The topological polar surface area (TPSA) is 184 Å². The first-order valence-electron chi connectivity index (χ1n) is 19.7. The fourth-order valence-corrected chi connectivity index (χ4v) is 9.43. The van der Waals surface area contributed by atoms with Crippen molar-refractivity contribution in [2.45, 2.75) is 77.3 Å². The number of alkyl carbamates (subject to hydrolysis) is 1. The number of amides is 3. The van der Waals surface area contributed by atoms with Gasteiger partial charge in [0.2, 0.25) is 5.91 Å². The highest BCUT2D eigenvalue weighted by atomic mass is 16.5.